The number of rotatable bonds is 6. The molecule has 4 unspecified atom stereocenters. The average Bonchev–Trinajstić information content (AvgIpc) is 2.98. The number of halogens is 1. The highest BCUT2D eigenvalue weighted by Gasteiger charge is 2.62. The van der Waals surface area contributed by atoms with E-state index in [0.29, 0.717) is 0 Å². The van der Waals surface area contributed by atoms with Gasteiger partial charge in [-0.05, 0) is 18.2 Å². The number of esters is 3. The number of aromatic nitrogens is 2. The second-order valence-corrected chi connectivity index (χ2v) is 6.88. The molecule has 12 heteroatoms. The SMILES string of the molecule is CC(=O)OC1C(n2ccc(N)nc2=O)OC(F)(COC(=O)c2ccccc2)C1OC(C)=O. The number of hydrogen-bond acceptors (Lipinski definition) is 10. The standard InChI is InChI=1S/C20H20FN3O8/c1-11(25)30-15-16(31-12(2)26)20(21,10-29-18(27)13-6-4-3-5-7-13)32-17(15)24-9-8-14(22)23-19(24)28/h3-9,15-17H,10H2,1-2H3,(H2,22,23,28). The average molecular weight is 449 g/mol. The minimum atomic E-state index is -2.96. The van der Waals surface area contributed by atoms with Gasteiger partial charge in [-0.1, -0.05) is 18.2 Å². The first-order valence-corrected chi connectivity index (χ1v) is 9.39. The molecular formula is C20H20FN3O8. The molecule has 1 aromatic heterocycles. The van der Waals surface area contributed by atoms with E-state index < -0.39 is 54.5 Å². The Hall–Kier alpha value is -3.80. The van der Waals surface area contributed by atoms with Crippen LogP contribution in [0.25, 0.3) is 0 Å². The number of nitrogen functional groups attached to an aromatic ring is 1. The highest BCUT2D eigenvalue weighted by molar-refractivity contribution is 5.89. The molecule has 11 nitrogen and oxygen atoms in total. The Bertz CT molecular complexity index is 1080. The first-order chi connectivity index (χ1) is 15.1. The number of carbonyl (C=O) groups excluding carboxylic acids is 3. The van der Waals surface area contributed by atoms with Gasteiger partial charge in [-0.3, -0.25) is 14.2 Å². The topological polar surface area (TPSA) is 149 Å². The summed E-state index contributed by atoms with van der Waals surface area (Å²) in [6.45, 7) is 1.02. The molecule has 1 fully saturated rings. The smallest absolute Gasteiger partial charge is 0.351 e. The van der Waals surface area contributed by atoms with E-state index in [4.69, 9.17) is 24.7 Å². The Balaban J connectivity index is 1.95. The van der Waals surface area contributed by atoms with Crippen molar-refractivity contribution in [2.45, 2.75) is 38.1 Å². The molecule has 32 heavy (non-hydrogen) atoms. The minimum absolute atomic E-state index is 0.104. The molecule has 0 radical (unpaired) electrons. The summed E-state index contributed by atoms with van der Waals surface area (Å²) >= 11 is 0. The van der Waals surface area contributed by atoms with Gasteiger partial charge >= 0.3 is 23.6 Å². The number of alkyl halides is 1. The molecule has 1 aromatic carbocycles. The molecule has 0 spiro atoms. The van der Waals surface area contributed by atoms with E-state index in [1.165, 1.54) is 18.2 Å². The summed E-state index contributed by atoms with van der Waals surface area (Å²) in [5, 5.41) is 0. The van der Waals surface area contributed by atoms with Crippen LogP contribution < -0.4 is 11.4 Å². The van der Waals surface area contributed by atoms with Gasteiger partial charge in [0.2, 0.25) is 6.10 Å². The largest absolute Gasteiger partial charge is 0.456 e. The van der Waals surface area contributed by atoms with Gasteiger partial charge < -0.3 is 24.7 Å². The lowest BCUT2D eigenvalue weighted by Crippen LogP contribution is -2.47. The summed E-state index contributed by atoms with van der Waals surface area (Å²) in [5.41, 5.74) is 4.69. The quantitative estimate of drug-likeness (QED) is 0.494. The predicted octanol–water partition coefficient (Wildman–Crippen LogP) is 0.740. The van der Waals surface area contributed by atoms with Crippen molar-refractivity contribution in [2.75, 3.05) is 12.3 Å². The van der Waals surface area contributed by atoms with Crippen molar-refractivity contribution >= 4 is 23.7 Å². The van der Waals surface area contributed by atoms with Gasteiger partial charge in [0, 0.05) is 20.0 Å². The second kappa shape index (κ2) is 9.14. The Morgan fingerprint density at radius 3 is 2.41 bits per heavy atom. The van der Waals surface area contributed by atoms with Crippen molar-refractivity contribution in [1.29, 1.82) is 0 Å². The molecule has 0 amide bonds. The van der Waals surface area contributed by atoms with Gasteiger partial charge in [0.05, 0.1) is 5.56 Å². The van der Waals surface area contributed by atoms with Crippen LogP contribution >= 0.6 is 0 Å². The summed E-state index contributed by atoms with van der Waals surface area (Å²) in [4.78, 5) is 51.4. The predicted molar refractivity (Wildman–Crippen MR) is 105 cm³/mol. The second-order valence-electron chi connectivity index (χ2n) is 6.88. The number of nitrogens with two attached hydrogens (primary N) is 1. The fourth-order valence-electron chi connectivity index (χ4n) is 3.15. The maximum absolute atomic E-state index is 15.9. The molecule has 2 heterocycles. The van der Waals surface area contributed by atoms with E-state index in [2.05, 4.69) is 4.98 Å². The van der Waals surface area contributed by atoms with Crippen LogP contribution in [0.3, 0.4) is 0 Å². The van der Waals surface area contributed by atoms with Gasteiger partial charge in [0.15, 0.2) is 18.9 Å². The zero-order chi connectivity index (χ0) is 23.5. The monoisotopic (exact) mass is 449 g/mol. The molecule has 2 aromatic rings. The summed E-state index contributed by atoms with van der Waals surface area (Å²) in [6, 6.07) is 9.00. The van der Waals surface area contributed by atoms with Crippen LogP contribution in [0.4, 0.5) is 10.2 Å². The van der Waals surface area contributed by atoms with E-state index in [-0.39, 0.29) is 11.4 Å². The molecule has 170 valence electrons. The van der Waals surface area contributed by atoms with E-state index in [1.54, 1.807) is 18.2 Å². The summed E-state index contributed by atoms with van der Waals surface area (Å²) < 4.78 is 37.3. The van der Waals surface area contributed by atoms with Gasteiger partial charge in [-0.25, -0.2) is 14.0 Å². The van der Waals surface area contributed by atoms with Crippen molar-refractivity contribution in [3.8, 4) is 0 Å². The van der Waals surface area contributed by atoms with Gasteiger partial charge in [0.1, 0.15) is 5.82 Å². The molecule has 3 rings (SSSR count). The van der Waals surface area contributed by atoms with Gasteiger partial charge in [-0.2, -0.15) is 4.98 Å². The Morgan fingerprint density at radius 1 is 1.16 bits per heavy atom. The minimum Gasteiger partial charge on any atom is -0.456 e. The maximum atomic E-state index is 15.9. The van der Waals surface area contributed by atoms with E-state index in [0.717, 1.165) is 24.6 Å². The molecular weight excluding hydrogens is 429 g/mol. The van der Waals surface area contributed by atoms with Crippen LogP contribution in [0, 0.1) is 0 Å². The number of nitrogens with zero attached hydrogens (tertiary/aromatic N) is 2. The number of hydrogen-bond donors (Lipinski definition) is 1. The fraction of sp³-hybridized carbons (Fsp3) is 0.350. The molecule has 1 aliphatic rings. The van der Waals surface area contributed by atoms with Crippen molar-refractivity contribution in [3.05, 3.63) is 58.6 Å². The highest BCUT2D eigenvalue weighted by atomic mass is 19.2. The van der Waals surface area contributed by atoms with Crippen molar-refractivity contribution < 1.29 is 37.7 Å². The number of benzene rings is 1. The third kappa shape index (κ3) is 4.91. The molecule has 4 atom stereocenters. The van der Waals surface area contributed by atoms with Crippen LogP contribution in [0.15, 0.2) is 47.4 Å². The van der Waals surface area contributed by atoms with E-state index in [9.17, 15) is 19.2 Å². The summed E-state index contributed by atoms with van der Waals surface area (Å²) in [5.74, 6) is -5.71. The van der Waals surface area contributed by atoms with Gasteiger partial charge in [0.25, 0.3) is 5.85 Å². The zero-order valence-corrected chi connectivity index (χ0v) is 17.1. The lowest BCUT2D eigenvalue weighted by Gasteiger charge is -2.26. The van der Waals surface area contributed by atoms with Crippen molar-refractivity contribution in [2.24, 2.45) is 0 Å². The number of carbonyl (C=O) groups is 3. The van der Waals surface area contributed by atoms with Crippen LogP contribution in [-0.4, -0.2) is 52.1 Å². The van der Waals surface area contributed by atoms with Crippen LogP contribution in [0.2, 0.25) is 0 Å². The van der Waals surface area contributed by atoms with E-state index >= 15 is 4.39 Å². The van der Waals surface area contributed by atoms with Crippen molar-refractivity contribution in [3.63, 3.8) is 0 Å². The molecule has 0 aliphatic carbocycles. The Morgan fingerprint density at radius 2 is 1.81 bits per heavy atom. The van der Waals surface area contributed by atoms with Crippen molar-refractivity contribution in [1.82, 2.24) is 9.55 Å². The van der Waals surface area contributed by atoms with Crippen LogP contribution in [-0.2, 0) is 28.5 Å². The first kappa shape index (κ1) is 22.9. The number of ether oxygens (including phenoxy) is 4. The molecule has 0 bridgehead atoms. The third-order valence-electron chi connectivity index (χ3n) is 4.45. The maximum Gasteiger partial charge on any atom is 0.351 e. The summed E-state index contributed by atoms with van der Waals surface area (Å²) in [6.07, 6.45) is -3.90. The lowest BCUT2D eigenvalue weighted by molar-refractivity contribution is -0.217. The molecule has 1 saturated heterocycles. The molecule has 2 N–H and O–H groups in total. The Labute approximate surface area is 180 Å². The Kier molecular flexibility index (Phi) is 6.53. The van der Waals surface area contributed by atoms with Gasteiger partial charge in [-0.15, -0.1) is 0 Å². The van der Waals surface area contributed by atoms with Crippen LogP contribution in [0.5, 0.6) is 0 Å². The zero-order valence-electron chi connectivity index (χ0n) is 17.1. The fourth-order valence-corrected chi connectivity index (χ4v) is 3.15. The lowest BCUT2D eigenvalue weighted by atomic mass is 10.1. The first-order valence-electron chi connectivity index (χ1n) is 9.39. The normalized spacial score (nSPS) is 24.5. The highest BCUT2D eigenvalue weighted by Crippen LogP contribution is 2.42. The third-order valence-corrected chi connectivity index (χ3v) is 4.45. The molecule has 1 aliphatic heterocycles. The summed E-state index contributed by atoms with van der Waals surface area (Å²) in [7, 11) is 0. The van der Waals surface area contributed by atoms with E-state index in [1.807, 2.05) is 0 Å². The molecule has 0 saturated carbocycles. The van der Waals surface area contributed by atoms with Crippen LogP contribution in [0.1, 0.15) is 30.4 Å². The number of anilines is 1.